The number of rotatable bonds is 5. The number of carbonyl (C=O) groups excluding carboxylic acids is 1. The molecule has 1 heterocycles. The fourth-order valence-corrected chi connectivity index (χ4v) is 3.47. The molecule has 28 heavy (non-hydrogen) atoms. The molecular weight excluding hydrogens is 354 g/mol. The number of amides is 1. The normalized spacial score (nSPS) is 12.4. The molecule has 0 bridgehead atoms. The zero-order valence-corrected chi connectivity index (χ0v) is 15.8. The summed E-state index contributed by atoms with van der Waals surface area (Å²) in [6, 6.07) is 20.9. The summed E-state index contributed by atoms with van der Waals surface area (Å²) >= 11 is 0. The molecule has 0 aromatic heterocycles. The lowest BCUT2D eigenvalue weighted by Gasteiger charge is -2.27. The SMILES string of the molecule is COc1ccc(CNC(=O)C2c3ccccc3Oc3ccccc32)cc1OC. The lowest BCUT2D eigenvalue weighted by Crippen LogP contribution is -2.31. The highest BCUT2D eigenvalue weighted by molar-refractivity contribution is 5.89. The van der Waals surface area contributed by atoms with Gasteiger partial charge in [-0.05, 0) is 29.8 Å². The first-order chi connectivity index (χ1) is 13.7. The molecule has 3 aromatic carbocycles. The van der Waals surface area contributed by atoms with Crippen LogP contribution >= 0.6 is 0 Å². The van der Waals surface area contributed by atoms with E-state index in [-0.39, 0.29) is 5.91 Å². The Labute approximate surface area is 163 Å². The molecule has 0 fully saturated rings. The summed E-state index contributed by atoms with van der Waals surface area (Å²) in [5.41, 5.74) is 2.66. The van der Waals surface area contributed by atoms with Crippen molar-refractivity contribution in [2.24, 2.45) is 0 Å². The number of benzene rings is 3. The first-order valence-electron chi connectivity index (χ1n) is 9.05. The van der Waals surface area contributed by atoms with Crippen LogP contribution in [0.2, 0.25) is 0 Å². The van der Waals surface area contributed by atoms with E-state index in [1.165, 1.54) is 0 Å². The molecule has 1 N–H and O–H groups in total. The average Bonchev–Trinajstić information content (AvgIpc) is 2.75. The molecule has 5 heteroatoms. The first kappa shape index (κ1) is 17.9. The van der Waals surface area contributed by atoms with Gasteiger partial charge in [0.05, 0.1) is 20.1 Å². The van der Waals surface area contributed by atoms with Crippen molar-refractivity contribution >= 4 is 5.91 Å². The van der Waals surface area contributed by atoms with Gasteiger partial charge in [-0.1, -0.05) is 42.5 Å². The number of methoxy groups -OCH3 is 2. The summed E-state index contributed by atoms with van der Waals surface area (Å²) in [6.45, 7) is 0.390. The van der Waals surface area contributed by atoms with Crippen LogP contribution in [0, 0.1) is 0 Å². The molecule has 0 saturated heterocycles. The maximum Gasteiger partial charge on any atom is 0.232 e. The predicted octanol–water partition coefficient (Wildman–Crippen LogP) is 4.26. The van der Waals surface area contributed by atoms with E-state index >= 15 is 0 Å². The Morgan fingerprint density at radius 1 is 0.893 bits per heavy atom. The van der Waals surface area contributed by atoms with Crippen LogP contribution in [-0.4, -0.2) is 20.1 Å². The molecular formula is C23H21NO4. The maximum atomic E-state index is 13.2. The van der Waals surface area contributed by atoms with E-state index in [0.29, 0.717) is 29.5 Å². The van der Waals surface area contributed by atoms with Gasteiger partial charge < -0.3 is 19.5 Å². The number of hydrogen-bond donors (Lipinski definition) is 1. The van der Waals surface area contributed by atoms with Crippen molar-refractivity contribution in [1.82, 2.24) is 5.32 Å². The Morgan fingerprint density at radius 2 is 1.50 bits per heavy atom. The Balaban J connectivity index is 1.59. The van der Waals surface area contributed by atoms with E-state index in [9.17, 15) is 4.79 Å². The van der Waals surface area contributed by atoms with Crippen LogP contribution in [-0.2, 0) is 11.3 Å². The number of hydrogen-bond acceptors (Lipinski definition) is 4. The zero-order chi connectivity index (χ0) is 19.5. The van der Waals surface area contributed by atoms with Gasteiger partial charge in [0, 0.05) is 17.7 Å². The Bertz CT molecular complexity index is 969. The van der Waals surface area contributed by atoms with Gasteiger partial charge in [0.2, 0.25) is 5.91 Å². The second-order valence-electron chi connectivity index (χ2n) is 6.52. The van der Waals surface area contributed by atoms with E-state index in [4.69, 9.17) is 14.2 Å². The minimum absolute atomic E-state index is 0.0713. The third-order valence-corrected chi connectivity index (χ3v) is 4.86. The molecule has 1 aliphatic rings. The van der Waals surface area contributed by atoms with E-state index < -0.39 is 5.92 Å². The molecule has 0 atom stereocenters. The molecule has 5 nitrogen and oxygen atoms in total. The minimum Gasteiger partial charge on any atom is -0.493 e. The van der Waals surface area contributed by atoms with Crippen molar-refractivity contribution in [2.45, 2.75) is 12.5 Å². The zero-order valence-electron chi connectivity index (χ0n) is 15.8. The average molecular weight is 375 g/mol. The van der Waals surface area contributed by atoms with Gasteiger partial charge in [0.15, 0.2) is 11.5 Å². The van der Waals surface area contributed by atoms with Gasteiger partial charge in [-0.3, -0.25) is 4.79 Å². The molecule has 0 aliphatic carbocycles. The lowest BCUT2D eigenvalue weighted by molar-refractivity contribution is -0.122. The maximum absolute atomic E-state index is 13.2. The fraction of sp³-hybridized carbons (Fsp3) is 0.174. The van der Waals surface area contributed by atoms with Crippen molar-refractivity contribution in [1.29, 1.82) is 0 Å². The summed E-state index contributed by atoms with van der Waals surface area (Å²) in [5, 5.41) is 3.05. The second kappa shape index (κ2) is 7.64. The van der Waals surface area contributed by atoms with Crippen molar-refractivity contribution in [2.75, 3.05) is 14.2 Å². The molecule has 0 radical (unpaired) electrons. The third kappa shape index (κ3) is 3.27. The third-order valence-electron chi connectivity index (χ3n) is 4.86. The van der Waals surface area contributed by atoms with Crippen molar-refractivity contribution in [3.63, 3.8) is 0 Å². The molecule has 1 amide bonds. The second-order valence-corrected chi connectivity index (χ2v) is 6.52. The van der Waals surface area contributed by atoms with Gasteiger partial charge in [-0.25, -0.2) is 0 Å². The molecule has 4 rings (SSSR count). The molecule has 3 aromatic rings. The van der Waals surface area contributed by atoms with Crippen LogP contribution < -0.4 is 19.5 Å². The molecule has 0 saturated carbocycles. The minimum atomic E-state index is -0.415. The standard InChI is InChI=1S/C23H21NO4/c1-26-20-12-11-15(13-21(20)27-2)14-24-23(25)22-16-7-3-5-9-18(16)28-19-10-6-4-8-17(19)22/h3-13,22H,14H2,1-2H3,(H,24,25). The highest BCUT2D eigenvalue weighted by Gasteiger charge is 2.32. The van der Waals surface area contributed by atoms with Gasteiger partial charge in [-0.2, -0.15) is 0 Å². The number of nitrogens with one attached hydrogen (secondary N) is 1. The smallest absolute Gasteiger partial charge is 0.232 e. The molecule has 0 unspecified atom stereocenters. The van der Waals surface area contributed by atoms with E-state index in [2.05, 4.69) is 5.32 Å². The van der Waals surface area contributed by atoms with Crippen molar-refractivity contribution < 1.29 is 19.0 Å². The highest BCUT2D eigenvalue weighted by atomic mass is 16.5. The quantitative estimate of drug-likeness (QED) is 0.724. The molecule has 142 valence electrons. The number of fused-ring (bicyclic) bond motifs is 2. The Kier molecular flexibility index (Phi) is 4.89. The van der Waals surface area contributed by atoms with Crippen LogP contribution in [0.25, 0.3) is 0 Å². The van der Waals surface area contributed by atoms with Crippen LogP contribution in [0.4, 0.5) is 0 Å². The van der Waals surface area contributed by atoms with Crippen LogP contribution in [0.1, 0.15) is 22.6 Å². The van der Waals surface area contributed by atoms with Gasteiger partial charge >= 0.3 is 0 Å². The number of ether oxygens (including phenoxy) is 3. The number of para-hydroxylation sites is 2. The lowest BCUT2D eigenvalue weighted by atomic mass is 9.87. The van der Waals surface area contributed by atoms with Gasteiger partial charge in [0.1, 0.15) is 11.5 Å². The molecule has 1 aliphatic heterocycles. The van der Waals surface area contributed by atoms with Gasteiger partial charge in [-0.15, -0.1) is 0 Å². The van der Waals surface area contributed by atoms with Crippen LogP contribution in [0.5, 0.6) is 23.0 Å². The van der Waals surface area contributed by atoms with Crippen LogP contribution in [0.3, 0.4) is 0 Å². The highest BCUT2D eigenvalue weighted by Crippen LogP contribution is 2.43. The Morgan fingerprint density at radius 3 is 2.11 bits per heavy atom. The fourth-order valence-electron chi connectivity index (χ4n) is 3.47. The van der Waals surface area contributed by atoms with E-state index in [0.717, 1.165) is 16.7 Å². The topological polar surface area (TPSA) is 56.8 Å². The van der Waals surface area contributed by atoms with Crippen LogP contribution in [0.15, 0.2) is 66.7 Å². The molecule has 0 spiro atoms. The summed E-state index contributed by atoms with van der Waals surface area (Å²) in [5.74, 6) is 2.24. The van der Waals surface area contributed by atoms with Crippen molar-refractivity contribution in [3.05, 3.63) is 83.4 Å². The number of carbonyl (C=O) groups is 1. The van der Waals surface area contributed by atoms with E-state index in [1.807, 2.05) is 66.7 Å². The summed E-state index contributed by atoms with van der Waals surface area (Å²) in [4.78, 5) is 13.2. The summed E-state index contributed by atoms with van der Waals surface area (Å²) in [6.07, 6.45) is 0. The van der Waals surface area contributed by atoms with Gasteiger partial charge in [0.25, 0.3) is 0 Å². The first-order valence-corrected chi connectivity index (χ1v) is 9.05. The summed E-state index contributed by atoms with van der Waals surface area (Å²) in [7, 11) is 3.19. The summed E-state index contributed by atoms with van der Waals surface area (Å²) < 4.78 is 16.6. The largest absolute Gasteiger partial charge is 0.493 e. The van der Waals surface area contributed by atoms with E-state index in [1.54, 1.807) is 14.2 Å². The van der Waals surface area contributed by atoms with Crippen molar-refractivity contribution in [3.8, 4) is 23.0 Å². The Hall–Kier alpha value is -3.47. The monoisotopic (exact) mass is 375 g/mol. The predicted molar refractivity (Wildman–Crippen MR) is 106 cm³/mol.